The SMILES string of the molecule is Cc1cc(C)c2c(c1)c(C)cc(=O)n2CC(=O)Nc1ccc2ccccc2c1. The van der Waals surface area contributed by atoms with Gasteiger partial charge in [-0.25, -0.2) is 0 Å². The minimum atomic E-state index is -0.220. The first kappa shape index (κ1) is 18.0. The average molecular weight is 370 g/mol. The molecule has 3 aromatic carbocycles. The molecule has 0 saturated carbocycles. The summed E-state index contributed by atoms with van der Waals surface area (Å²) in [5, 5.41) is 6.11. The summed E-state index contributed by atoms with van der Waals surface area (Å²) in [7, 11) is 0. The smallest absolute Gasteiger partial charge is 0.251 e. The lowest BCUT2D eigenvalue weighted by Crippen LogP contribution is -2.28. The molecule has 0 aliphatic rings. The molecule has 0 unspecified atom stereocenters. The van der Waals surface area contributed by atoms with Crippen LogP contribution in [0.4, 0.5) is 5.69 Å². The van der Waals surface area contributed by atoms with Crippen LogP contribution in [-0.2, 0) is 11.3 Å². The standard InChI is InChI=1S/C24H22N2O2/c1-15-10-17(3)24-21(11-15)16(2)12-23(28)26(24)14-22(27)25-20-9-8-18-6-4-5-7-19(18)13-20/h4-13H,14H2,1-3H3,(H,25,27). The Bertz CT molecular complexity index is 1290. The third kappa shape index (κ3) is 3.29. The zero-order chi connectivity index (χ0) is 19.8. The van der Waals surface area contributed by atoms with Gasteiger partial charge in [0, 0.05) is 17.1 Å². The van der Waals surface area contributed by atoms with Gasteiger partial charge in [0.2, 0.25) is 5.91 Å². The molecule has 0 fully saturated rings. The molecule has 0 radical (unpaired) electrons. The van der Waals surface area contributed by atoms with Crippen molar-refractivity contribution in [1.29, 1.82) is 0 Å². The number of hydrogen-bond donors (Lipinski definition) is 1. The van der Waals surface area contributed by atoms with E-state index in [1.165, 1.54) is 0 Å². The lowest BCUT2D eigenvalue weighted by atomic mass is 10.0. The Morgan fingerprint density at radius 3 is 2.43 bits per heavy atom. The molecule has 1 N–H and O–H groups in total. The second-order valence-corrected chi connectivity index (χ2v) is 7.34. The number of rotatable bonds is 3. The highest BCUT2D eigenvalue weighted by Gasteiger charge is 2.13. The van der Waals surface area contributed by atoms with Crippen LogP contribution in [0.3, 0.4) is 0 Å². The van der Waals surface area contributed by atoms with Crippen LogP contribution in [0.15, 0.2) is 65.5 Å². The number of aromatic nitrogens is 1. The Morgan fingerprint density at radius 2 is 1.64 bits per heavy atom. The van der Waals surface area contributed by atoms with Crippen molar-refractivity contribution >= 4 is 33.3 Å². The first-order valence-electron chi connectivity index (χ1n) is 9.32. The van der Waals surface area contributed by atoms with Gasteiger partial charge in [-0.05, 0) is 60.9 Å². The topological polar surface area (TPSA) is 51.1 Å². The summed E-state index contributed by atoms with van der Waals surface area (Å²) >= 11 is 0. The van der Waals surface area contributed by atoms with Gasteiger partial charge in [-0.1, -0.05) is 42.0 Å². The van der Waals surface area contributed by atoms with Crippen molar-refractivity contribution in [2.45, 2.75) is 27.3 Å². The van der Waals surface area contributed by atoms with Gasteiger partial charge in [-0.2, -0.15) is 0 Å². The molecule has 1 heterocycles. The molecule has 4 rings (SSSR count). The summed E-state index contributed by atoms with van der Waals surface area (Å²) in [6, 6.07) is 19.5. The molecule has 1 aromatic heterocycles. The molecule has 4 nitrogen and oxygen atoms in total. The molecule has 0 aliphatic heterocycles. The van der Waals surface area contributed by atoms with E-state index in [1.807, 2.05) is 69.3 Å². The van der Waals surface area contributed by atoms with Gasteiger partial charge in [-0.15, -0.1) is 0 Å². The van der Waals surface area contributed by atoms with Crippen LogP contribution in [0.1, 0.15) is 16.7 Å². The van der Waals surface area contributed by atoms with E-state index in [0.29, 0.717) is 0 Å². The number of carbonyl (C=O) groups is 1. The first-order chi connectivity index (χ1) is 13.4. The van der Waals surface area contributed by atoms with E-state index in [2.05, 4.69) is 11.4 Å². The Balaban J connectivity index is 1.69. The number of pyridine rings is 1. The van der Waals surface area contributed by atoms with Crippen molar-refractivity contribution in [3.8, 4) is 0 Å². The molecule has 0 spiro atoms. The minimum Gasteiger partial charge on any atom is -0.325 e. The molecule has 0 aliphatic carbocycles. The van der Waals surface area contributed by atoms with Crippen molar-refractivity contribution in [1.82, 2.24) is 4.57 Å². The third-order valence-corrected chi connectivity index (χ3v) is 5.08. The zero-order valence-electron chi connectivity index (χ0n) is 16.2. The van der Waals surface area contributed by atoms with Gasteiger partial charge in [-0.3, -0.25) is 14.2 Å². The second-order valence-electron chi connectivity index (χ2n) is 7.34. The first-order valence-corrected chi connectivity index (χ1v) is 9.32. The molecular weight excluding hydrogens is 348 g/mol. The number of nitrogens with zero attached hydrogens (tertiary/aromatic N) is 1. The van der Waals surface area contributed by atoms with E-state index in [-0.39, 0.29) is 18.0 Å². The summed E-state index contributed by atoms with van der Waals surface area (Å²) in [4.78, 5) is 25.3. The fourth-order valence-corrected chi connectivity index (χ4v) is 3.84. The number of benzene rings is 3. The third-order valence-electron chi connectivity index (χ3n) is 5.08. The molecular formula is C24H22N2O2. The van der Waals surface area contributed by atoms with Gasteiger partial charge in [0.05, 0.1) is 5.52 Å². The molecule has 0 saturated heterocycles. The number of fused-ring (bicyclic) bond motifs is 2. The summed E-state index contributed by atoms with van der Waals surface area (Å²) in [5.74, 6) is -0.220. The Kier molecular flexibility index (Phi) is 4.47. The maximum atomic E-state index is 12.7. The monoisotopic (exact) mass is 370 g/mol. The Morgan fingerprint density at radius 1 is 0.893 bits per heavy atom. The zero-order valence-corrected chi connectivity index (χ0v) is 16.2. The van der Waals surface area contributed by atoms with Crippen molar-refractivity contribution in [3.63, 3.8) is 0 Å². The van der Waals surface area contributed by atoms with Crippen molar-refractivity contribution < 1.29 is 4.79 Å². The maximum absolute atomic E-state index is 12.7. The summed E-state index contributed by atoms with van der Waals surface area (Å²) < 4.78 is 1.56. The van der Waals surface area contributed by atoms with Gasteiger partial charge in [0.25, 0.3) is 5.56 Å². The number of anilines is 1. The second kappa shape index (κ2) is 6.97. The molecule has 1 amide bonds. The lowest BCUT2D eigenvalue weighted by Gasteiger charge is -2.15. The van der Waals surface area contributed by atoms with E-state index >= 15 is 0 Å². The van der Waals surface area contributed by atoms with Crippen LogP contribution in [-0.4, -0.2) is 10.5 Å². The van der Waals surface area contributed by atoms with Crippen LogP contribution >= 0.6 is 0 Å². The van der Waals surface area contributed by atoms with Crippen molar-refractivity contribution in [3.05, 3.63) is 87.7 Å². The highest BCUT2D eigenvalue weighted by atomic mass is 16.2. The predicted molar refractivity (Wildman–Crippen MR) is 115 cm³/mol. The van der Waals surface area contributed by atoms with Gasteiger partial charge < -0.3 is 5.32 Å². The van der Waals surface area contributed by atoms with Crippen LogP contribution in [0.2, 0.25) is 0 Å². The van der Waals surface area contributed by atoms with Gasteiger partial charge in [0.1, 0.15) is 6.54 Å². The van der Waals surface area contributed by atoms with E-state index in [0.717, 1.165) is 44.1 Å². The molecule has 28 heavy (non-hydrogen) atoms. The van der Waals surface area contributed by atoms with E-state index in [1.54, 1.807) is 10.6 Å². The van der Waals surface area contributed by atoms with Gasteiger partial charge >= 0.3 is 0 Å². The normalized spacial score (nSPS) is 11.1. The van der Waals surface area contributed by atoms with Crippen LogP contribution in [0, 0.1) is 20.8 Å². The average Bonchev–Trinajstić information content (AvgIpc) is 2.65. The van der Waals surface area contributed by atoms with E-state index < -0.39 is 0 Å². The molecule has 4 aromatic rings. The number of nitrogens with one attached hydrogen (secondary N) is 1. The maximum Gasteiger partial charge on any atom is 0.251 e. The van der Waals surface area contributed by atoms with Gasteiger partial charge in [0.15, 0.2) is 0 Å². The molecule has 140 valence electrons. The summed E-state index contributed by atoms with van der Waals surface area (Å²) in [6.45, 7) is 5.92. The van der Waals surface area contributed by atoms with Crippen LogP contribution in [0.5, 0.6) is 0 Å². The minimum absolute atomic E-state index is 0.0215. The summed E-state index contributed by atoms with van der Waals surface area (Å²) in [6.07, 6.45) is 0. The largest absolute Gasteiger partial charge is 0.325 e. The highest BCUT2D eigenvalue weighted by Crippen LogP contribution is 2.23. The highest BCUT2D eigenvalue weighted by molar-refractivity contribution is 5.95. The molecule has 0 atom stereocenters. The predicted octanol–water partition coefficient (Wildman–Crippen LogP) is 4.72. The van der Waals surface area contributed by atoms with E-state index in [4.69, 9.17) is 0 Å². The van der Waals surface area contributed by atoms with E-state index in [9.17, 15) is 9.59 Å². The van der Waals surface area contributed by atoms with Crippen molar-refractivity contribution in [2.24, 2.45) is 0 Å². The number of carbonyl (C=O) groups excluding carboxylic acids is 1. The molecule has 0 bridgehead atoms. The number of aryl methyl sites for hydroxylation is 3. The van der Waals surface area contributed by atoms with Crippen LogP contribution < -0.4 is 10.9 Å². The Labute approximate surface area is 163 Å². The Hall–Kier alpha value is -3.40. The van der Waals surface area contributed by atoms with Crippen LogP contribution in [0.25, 0.3) is 21.7 Å². The fourth-order valence-electron chi connectivity index (χ4n) is 3.84. The number of hydrogen-bond acceptors (Lipinski definition) is 2. The summed E-state index contributed by atoms with van der Waals surface area (Å²) in [5.41, 5.74) is 4.45. The number of amides is 1. The quantitative estimate of drug-likeness (QED) is 0.567. The van der Waals surface area contributed by atoms with Crippen molar-refractivity contribution in [2.75, 3.05) is 5.32 Å². The fraction of sp³-hybridized carbons (Fsp3) is 0.167. The molecule has 4 heteroatoms. The lowest BCUT2D eigenvalue weighted by molar-refractivity contribution is -0.116.